The van der Waals surface area contributed by atoms with Crippen LogP contribution in [0.25, 0.3) is 0 Å². The molecule has 148 valence electrons. The largest absolute Gasteiger partial charge is 0.369 e. The highest BCUT2D eigenvalue weighted by Crippen LogP contribution is 2.26. The summed E-state index contributed by atoms with van der Waals surface area (Å²) >= 11 is 6.08. The van der Waals surface area contributed by atoms with Crippen LogP contribution in [0.1, 0.15) is 39.1 Å². The third kappa shape index (κ3) is 4.73. The van der Waals surface area contributed by atoms with Gasteiger partial charge in [-0.15, -0.1) is 0 Å². The Balaban J connectivity index is 1.86. The molecule has 0 saturated carbocycles. The number of piperidine rings is 1. The molecular weight excluding hydrogens is 392 g/mol. The van der Waals surface area contributed by atoms with Gasteiger partial charge in [0, 0.05) is 23.7 Å². The molecule has 1 saturated heterocycles. The van der Waals surface area contributed by atoms with Crippen molar-refractivity contribution in [2.24, 2.45) is 11.7 Å². The maximum atomic E-state index is 13.1. The van der Waals surface area contributed by atoms with Crippen molar-refractivity contribution in [2.75, 3.05) is 18.4 Å². The molecule has 1 aliphatic rings. The van der Waals surface area contributed by atoms with Crippen LogP contribution in [0.2, 0.25) is 5.02 Å². The summed E-state index contributed by atoms with van der Waals surface area (Å²) in [7, 11) is 0. The molecule has 1 aliphatic heterocycles. The van der Waals surface area contributed by atoms with E-state index in [4.69, 9.17) is 22.6 Å². The van der Waals surface area contributed by atoms with Crippen molar-refractivity contribution < 1.29 is 14.4 Å². The summed E-state index contributed by atoms with van der Waals surface area (Å²) in [5, 5.41) is 12.1. The zero-order valence-electron chi connectivity index (χ0n) is 15.5. The number of carbonyl (C=O) groups is 3. The van der Waals surface area contributed by atoms with E-state index in [9.17, 15) is 14.4 Å². The molecule has 3 N–H and O–H groups in total. The Hall–Kier alpha value is -3.37. The Morgan fingerprint density at radius 3 is 2.72 bits per heavy atom. The molecule has 3 amide bonds. The number of rotatable bonds is 4. The lowest BCUT2D eigenvalue weighted by Gasteiger charge is -2.31. The van der Waals surface area contributed by atoms with Gasteiger partial charge in [0.2, 0.25) is 5.91 Å². The van der Waals surface area contributed by atoms with Crippen molar-refractivity contribution in [1.82, 2.24) is 4.90 Å². The second-order valence-electron chi connectivity index (χ2n) is 6.83. The van der Waals surface area contributed by atoms with Crippen molar-refractivity contribution in [3.8, 4) is 6.07 Å². The van der Waals surface area contributed by atoms with Crippen LogP contribution in [-0.4, -0.2) is 35.7 Å². The number of halogens is 1. The van der Waals surface area contributed by atoms with Crippen LogP contribution in [0.5, 0.6) is 0 Å². The van der Waals surface area contributed by atoms with Crippen LogP contribution in [0.3, 0.4) is 0 Å². The summed E-state index contributed by atoms with van der Waals surface area (Å²) in [4.78, 5) is 38.8. The highest BCUT2D eigenvalue weighted by atomic mass is 35.5. The second kappa shape index (κ2) is 8.76. The summed E-state index contributed by atoms with van der Waals surface area (Å²) < 4.78 is 0. The number of hydrogen-bond donors (Lipinski definition) is 2. The minimum absolute atomic E-state index is 0.229. The predicted octanol–water partition coefficient (Wildman–Crippen LogP) is 2.80. The summed E-state index contributed by atoms with van der Waals surface area (Å²) in [5.41, 5.74) is 6.58. The van der Waals surface area contributed by atoms with Crippen LogP contribution in [0.4, 0.5) is 5.69 Å². The lowest BCUT2D eigenvalue weighted by molar-refractivity contribution is -0.123. The van der Waals surface area contributed by atoms with Crippen molar-refractivity contribution in [3.05, 3.63) is 64.2 Å². The Morgan fingerprint density at radius 1 is 1.21 bits per heavy atom. The van der Waals surface area contributed by atoms with Gasteiger partial charge in [0.1, 0.15) is 0 Å². The maximum absolute atomic E-state index is 13.1. The molecule has 0 aliphatic carbocycles. The van der Waals surface area contributed by atoms with Crippen LogP contribution in [0.15, 0.2) is 42.5 Å². The zero-order chi connectivity index (χ0) is 21.0. The molecule has 3 rings (SSSR count). The minimum atomic E-state index is -0.452. The first-order chi connectivity index (χ1) is 13.9. The van der Waals surface area contributed by atoms with E-state index in [0.717, 1.165) is 0 Å². The summed E-state index contributed by atoms with van der Waals surface area (Å²) in [6.45, 7) is 0.727. The Bertz CT molecular complexity index is 1020. The SMILES string of the molecule is N#Cc1cccc(C(=O)Nc2ccc(Cl)cc2C(=O)N2CCC[C@H](C(N)=O)C2)c1. The highest BCUT2D eigenvalue weighted by Gasteiger charge is 2.29. The Labute approximate surface area is 173 Å². The summed E-state index contributed by atoms with van der Waals surface area (Å²) in [6, 6.07) is 12.8. The van der Waals surface area contributed by atoms with Crippen LogP contribution < -0.4 is 11.1 Å². The van der Waals surface area contributed by atoms with E-state index >= 15 is 0 Å². The quantitative estimate of drug-likeness (QED) is 0.805. The molecule has 0 unspecified atom stereocenters. The lowest BCUT2D eigenvalue weighted by atomic mass is 9.96. The number of anilines is 1. The molecule has 8 heteroatoms. The highest BCUT2D eigenvalue weighted by molar-refractivity contribution is 6.31. The van der Waals surface area contributed by atoms with Gasteiger partial charge in [0.25, 0.3) is 11.8 Å². The van der Waals surface area contributed by atoms with Crippen molar-refractivity contribution >= 4 is 35.0 Å². The fraction of sp³-hybridized carbons (Fsp3) is 0.238. The third-order valence-corrected chi connectivity index (χ3v) is 5.06. The van der Waals surface area contributed by atoms with Gasteiger partial charge >= 0.3 is 0 Å². The zero-order valence-corrected chi connectivity index (χ0v) is 16.3. The molecule has 0 radical (unpaired) electrons. The fourth-order valence-corrected chi connectivity index (χ4v) is 3.46. The van der Waals surface area contributed by atoms with Gasteiger partial charge in [-0.25, -0.2) is 0 Å². The lowest BCUT2D eigenvalue weighted by Crippen LogP contribution is -2.44. The standard InChI is InChI=1S/C21H19ClN4O3/c22-16-6-7-18(25-20(28)14-4-1-3-13(9-14)11-23)17(10-16)21(29)26-8-2-5-15(12-26)19(24)27/h1,3-4,6-7,9-10,15H,2,5,8,12H2,(H2,24,27)(H,25,28)/t15-/m0/s1. The Kier molecular flexibility index (Phi) is 6.15. The van der Waals surface area contributed by atoms with Gasteiger partial charge in [-0.1, -0.05) is 17.7 Å². The minimum Gasteiger partial charge on any atom is -0.369 e. The van der Waals surface area contributed by atoms with Gasteiger partial charge in [-0.2, -0.15) is 5.26 Å². The average Bonchev–Trinajstić information content (AvgIpc) is 2.74. The predicted molar refractivity (Wildman–Crippen MR) is 108 cm³/mol. The van der Waals surface area contributed by atoms with Crippen LogP contribution in [-0.2, 0) is 4.79 Å². The number of nitrogens with two attached hydrogens (primary N) is 1. The monoisotopic (exact) mass is 410 g/mol. The molecular formula is C21H19ClN4O3. The van der Waals surface area contributed by atoms with Crippen molar-refractivity contribution in [3.63, 3.8) is 0 Å². The molecule has 1 heterocycles. The fourth-order valence-electron chi connectivity index (χ4n) is 3.29. The van der Waals surface area contributed by atoms with Crippen LogP contribution in [0, 0.1) is 17.2 Å². The normalized spacial score (nSPS) is 16.0. The van der Waals surface area contributed by atoms with E-state index in [1.54, 1.807) is 35.2 Å². The van der Waals surface area contributed by atoms with Crippen LogP contribution >= 0.6 is 11.6 Å². The molecule has 0 bridgehead atoms. The number of hydrogen-bond acceptors (Lipinski definition) is 4. The molecule has 2 aromatic carbocycles. The van der Waals surface area contributed by atoms with Gasteiger partial charge in [-0.3, -0.25) is 14.4 Å². The maximum Gasteiger partial charge on any atom is 0.256 e. The number of primary amides is 1. The van der Waals surface area contributed by atoms with E-state index in [-0.39, 0.29) is 18.0 Å². The average molecular weight is 411 g/mol. The van der Waals surface area contributed by atoms with Crippen molar-refractivity contribution in [2.45, 2.75) is 12.8 Å². The van der Waals surface area contributed by atoms with E-state index in [1.807, 2.05) is 6.07 Å². The number of nitrogens with zero attached hydrogens (tertiary/aromatic N) is 2. The van der Waals surface area contributed by atoms with Crippen molar-refractivity contribution in [1.29, 1.82) is 5.26 Å². The summed E-state index contributed by atoms with van der Waals surface area (Å²) in [5.74, 6) is -1.61. The number of amides is 3. The van der Waals surface area contributed by atoms with Gasteiger partial charge in [-0.05, 0) is 49.2 Å². The molecule has 7 nitrogen and oxygen atoms in total. The first kappa shape index (κ1) is 20.4. The molecule has 29 heavy (non-hydrogen) atoms. The van der Waals surface area contributed by atoms with Gasteiger partial charge in [0.15, 0.2) is 0 Å². The van der Waals surface area contributed by atoms with E-state index < -0.39 is 17.7 Å². The third-order valence-electron chi connectivity index (χ3n) is 4.83. The Morgan fingerprint density at radius 2 is 2.00 bits per heavy atom. The number of benzene rings is 2. The molecule has 0 aromatic heterocycles. The number of nitrogens with one attached hydrogen (secondary N) is 1. The summed E-state index contributed by atoms with van der Waals surface area (Å²) in [6.07, 6.45) is 1.32. The molecule has 1 atom stereocenters. The van der Waals surface area contributed by atoms with E-state index in [1.165, 1.54) is 12.1 Å². The number of nitriles is 1. The second-order valence-corrected chi connectivity index (χ2v) is 7.27. The van der Waals surface area contributed by atoms with Gasteiger partial charge < -0.3 is 16.0 Å². The van der Waals surface area contributed by atoms with E-state index in [2.05, 4.69) is 5.32 Å². The first-order valence-corrected chi connectivity index (χ1v) is 9.46. The molecule has 1 fully saturated rings. The number of carbonyl (C=O) groups excluding carboxylic acids is 3. The smallest absolute Gasteiger partial charge is 0.256 e. The topological polar surface area (TPSA) is 116 Å². The van der Waals surface area contributed by atoms with E-state index in [0.29, 0.717) is 41.2 Å². The molecule has 0 spiro atoms. The number of likely N-dealkylation sites (tertiary alicyclic amines) is 1. The first-order valence-electron chi connectivity index (χ1n) is 9.08. The van der Waals surface area contributed by atoms with Gasteiger partial charge in [0.05, 0.1) is 28.8 Å². The molecule has 2 aromatic rings.